The van der Waals surface area contributed by atoms with Crippen molar-refractivity contribution in [2.45, 2.75) is 33.3 Å². The number of aromatic nitrogens is 2. The summed E-state index contributed by atoms with van der Waals surface area (Å²) in [4.78, 5) is 17.2. The Morgan fingerprint density at radius 1 is 1.03 bits per heavy atom. The summed E-state index contributed by atoms with van der Waals surface area (Å²) in [6, 6.07) is 20.5. The molecular weight excluding hydrogens is 360 g/mol. The Bertz CT molecular complexity index is 1180. The number of rotatable bonds is 4. The third-order valence-electron chi connectivity index (χ3n) is 5.54. The van der Waals surface area contributed by atoms with Crippen LogP contribution in [0.2, 0.25) is 0 Å². The lowest BCUT2D eigenvalue weighted by atomic mass is 9.93. The second-order valence-corrected chi connectivity index (χ2v) is 7.40. The van der Waals surface area contributed by atoms with Crippen molar-refractivity contribution in [1.29, 1.82) is 0 Å². The summed E-state index contributed by atoms with van der Waals surface area (Å²) in [5.74, 6) is 0.667. The van der Waals surface area contributed by atoms with E-state index in [1.165, 1.54) is 26.6 Å². The molecule has 1 aromatic heterocycles. The molecule has 1 atom stereocenters. The standard InChI is InChI=1S/C25H24N2O2/c1-17-7-6-10-23(18(17)2)19(3)24-26-13-14-27(24)25(28)29-16-20-11-12-21-8-4-5-9-22(21)15-20/h4-15,19H,16H2,1-3H3/t19-/m0/s1. The van der Waals surface area contributed by atoms with Crippen LogP contribution in [-0.4, -0.2) is 15.6 Å². The molecule has 0 aliphatic rings. The number of benzene rings is 3. The Morgan fingerprint density at radius 2 is 1.83 bits per heavy atom. The Labute approximate surface area is 170 Å². The number of nitrogens with zero attached hydrogens (tertiary/aromatic N) is 2. The predicted molar refractivity (Wildman–Crippen MR) is 115 cm³/mol. The van der Waals surface area contributed by atoms with Crippen molar-refractivity contribution in [1.82, 2.24) is 9.55 Å². The molecule has 0 N–H and O–H groups in total. The molecular formula is C25H24N2O2. The van der Waals surface area contributed by atoms with Crippen LogP contribution in [0.15, 0.2) is 73.1 Å². The first-order valence-electron chi connectivity index (χ1n) is 9.79. The molecule has 0 spiro atoms. The Morgan fingerprint density at radius 3 is 2.66 bits per heavy atom. The molecule has 146 valence electrons. The molecule has 0 aliphatic carbocycles. The van der Waals surface area contributed by atoms with Gasteiger partial charge in [0.1, 0.15) is 12.4 Å². The molecule has 0 fully saturated rings. The van der Waals surface area contributed by atoms with Gasteiger partial charge in [-0.15, -0.1) is 0 Å². The van der Waals surface area contributed by atoms with Crippen LogP contribution < -0.4 is 0 Å². The highest BCUT2D eigenvalue weighted by atomic mass is 16.5. The molecule has 4 heteroatoms. The van der Waals surface area contributed by atoms with Gasteiger partial charge in [-0.05, 0) is 52.9 Å². The van der Waals surface area contributed by atoms with Gasteiger partial charge < -0.3 is 4.74 Å². The Hall–Kier alpha value is -3.40. The van der Waals surface area contributed by atoms with Crippen molar-refractivity contribution in [3.05, 3.63) is 101 Å². The van der Waals surface area contributed by atoms with E-state index >= 15 is 0 Å². The van der Waals surface area contributed by atoms with E-state index in [2.05, 4.69) is 56.1 Å². The lowest BCUT2D eigenvalue weighted by Crippen LogP contribution is -2.18. The Kier molecular flexibility index (Phi) is 5.17. The second kappa shape index (κ2) is 7.92. The van der Waals surface area contributed by atoms with E-state index in [0.717, 1.165) is 10.9 Å². The van der Waals surface area contributed by atoms with Crippen molar-refractivity contribution in [2.75, 3.05) is 0 Å². The van der Waals surface area contributed by atoms with Crippen LogP contribution in [0.4, 0.5) is 4.79 Å². The van der Waals surface area contributed by atoms with Crippen LogP contribution in [-0.2, 0) is 11.3 Å². The molecule has 0 saturated carbocycles. The first kappa shape index (κ1) is 18.9. The quantitative estimate of drug-likeness (QED) is 0.434. The van der Waals surface area contributed by atoms with E-state index in [-0.39, 0.29) is 12.5 Å². The van der Waals surface area contributed by atoms with E-state index in [9.17, 15) is 4.79 Å². The molecule has 3 aromatic carbocycles. The summed E-state index contributed by atoms with van der Waals surface area (Å²) >= 11 is 0. The summed E-state index contributed by atoms with van der Waals surface area (Å²) in [5, 5.41) is 2.30. The molecule has 0 amide bonds. The topological polar surface area (TPSA) is 44.1 Å². The summed E-state index contributed by atoms with van der Waals surface area (Å²) in [6.07, 6.45) is 2.90. The third-order valence-corrected chi connectivity index (χ3v) is 5.54. The van der Waals surface area contributed by atoms with Crippen LogP contribution in [0.1, 0.15) is 40.9 Å². The average molecular weight is 384 g/mol. The largest absolute Gasteiger partial charge is 0.444 e. The summed E-state index contributed by atoms with van der Waals surface area (Å²) < 4.78 is 7.09. The van der Waals surface area contributed by atoms with Gasteiger partial charge in [0.2, 0.25) is 0 Å². The molecule has 0 unspecified atom stereocenters. The summed E-state index contributed by atoms with van der Waals surface area (Å²) in [5.41, 5.74) is 4.58. The maximum absolute atomic E-state index is 12.8. The monoisotopic (exact) mass is 384 g/mol. The second-order valence-electron chi connectivity index (χ2n) is 7.40. The fourth-order valence-corrected chi connectivity index (χ4v) is 3.71. The molecule has 0 radical (unpaired) electrons. The van der Waals surface area contributed by atoms with Crippen LogP contribution in [0.3, 0.4) is 0 Å². The van der Waals surface area contributed by atoms with E-state index in [1.807, 2.05) is 30.3 Å². The van der Waals surface area contributed by atoms with Gasteiger partial charge in [0.25, 0.3) is 0 Å². The van der Waals surface area contributed by atoms with Crippen LogP contribution in [0, 0.1) is 13.8 Å². The van der Waals surface area contributed by atoms with Gasteiger partial charge in [-0.3, -0.25) is 0 Å². The number of fused-ring (bicyclic) bond motifs is 1. The SMILES string of the molecule is Cc1cccc([C@H](C)c2nccn2C(=O)OCc2ccc3ccccc3c2)c1C. The minimum atomic E-state index is -0.414. The number of ether oxygens (including phenoxy) is 1. The minimum Gasteiger partial charge on any atom is -0.444 e. The van der Waals surface area contributed by atoms with E-state index in [1.54, 1.807) is 12.4 Å². The zero-order valence-corrected chi connectivity index (χ0v) is 16.9. The molecule has 29 heavy (non-hydrogen) atoms. The lowest BCUT2D eigenvalue weighted by Gasteiger charge is -2.17. The van der Waals surface area contributed by atoms with Gasteiger partial charge in [-0.1, -0.05) is 61.5 Å². The van der Waals surface area contributed by atoms with Crippen LogP contribution >= 0.6 is 0 Å². The van der Waals surface area contributed by atoms with Crippen molar-refractivity contribution >= 4 is 16.9 Å². The van der Waals surface area contributed by atoms with Gasteiger partial charge in [0.15, 0.2) is 0 Å². The van der Waals surface area contributed by atoms with Crippen molar-refractivity contribution < 1.29 is 9.53 Å². The average Bonchev–Trinajstić information content (AvgIpc) is 3.23. The van der Waals surface area contributed by atoms with E-state index in [4.69, 9.17) is 4.74 Å². The smallest absolute Gasteiger partial charge is 0.419 e. The molecule has 1 heterocycles. The maximum atomic E-state index is 12.8. The zero-order valence-electron chi connectivity index (χ0n) is 16.9. The first-order chi connectivity index (χ1) is 14.0. The highest BCUT2D eigenvalue weighted by Crippen LogP contribution is 2.27. The number of aryl methyl sites for hydroxylation is 1. The normalized spacial score (nSPS) is 12.1. The van der Waals surface area contributed by atoms with Crippen molar-refractivity contribution in [2.24, 2.45) is 0 Å². The first-order valence-corrected chi connectivity index (χ1v) is 9.79. The fraction of sp³-hybridized carbons (Fsp3) is 0.200. The van der Waals surface area contributed by atoms with Crippen molar-refractivity contribution in [3.63, 3.8) is 0 Å². The van der Waals surface area contributed by atoms with Gasteiger partial charge in [-0.2, -0.15) is 0 Å². The molecule has 4 nitrogen and oxygen atoms in total. The summed E-state index contributed by atoms with van der Waals surface area (Å²) in [6.45, 7) is 6.48. The van der Waals surface area contributed by atoms with E-state index < -0.39 is 6.09 Å². The highest BCUT2D eigenvalue weighted by molar-refractivity contribution is 5.83. The zero-order chi connectivity index (χ0) is 20.4. The predicted octanol–water partition coefficient (Wildman–Crippen LogP) is 5.99. The highest BCUT2D eigenvalue weighted by Gasteiger charge is 2.20. The third kappa shape index (κ3) is 3.79. The van der Waals surface area contributed by atoms with Crippen LogP contribution in [0.5, 0.6) is 0 Å². The molecule has 0 bridgehead atoms. The number of imidazole rings is 1. The number of carbonyl (C=O) groups is 1. The van der Waals surface area contributed by atoms with E-state index in [0.29, 0.717) is 5.82 Å². The van der Waals surface area contributed by atoms with Gasteiger partial charge >= 0.3 is 6.09 Å². The molecule has 4 aromatic rings. The number of carbonyl (C=O) groups excluding carboxylic acids is 1. The molecule has 0 saturated heterocycles. The minimum absolute atomic E-state index is 0.0156. The fourth-order valence-electron chi connectivity index (χ4n) is 3.71. The lowest BCUT2D eigenvalue weighted by molar-refractivity contribution is 0.140. The van der Waals surface area contributed by atoms with Crippen molar-refractivity contribution in [3.8, 4) is 0 Å². The van der Waals surface area contributed by atoms with Gasteiger partial charge in [0.05, 0.1) is 0 Å². The van der Waals surface area contributed by atoms with Gasteiger partial charge in [-0.25, -0.2) is 14.3 Å². The number of hydrogen-bond donors (Lipinski definition) is 0. The molecule has 4 rings (SSSR count). The summed E-state index contributed by atoms with van der Waals surface area (Å²) in [7, 11) is 0. The van der Waals surface area contributed by atoms with Crippen LogP contribution in [0.25, 0.3) is 10.8 Å². The maximum Gasteiger partial charge on any atom is 0.419 e. The van der Waals surface area contributed by atoms with Gasteiger partial charge in [0, 0.05) is 18.3 Å². The molecule has 0 aliphatic heterocycles. The number of hydrogen-bond acceptors (Lipinski definition) is 3. The Balaban J connectivity index is 1.52.